The van der Waals surface area contributed by atoms with Crippen LogP contribution in [0.2, 0.25) is 0 Å². The Balaban J connectivity index is 2.79. The molecule has 1 heterocycles. The Labute approximate surface area is 106 Å². The minimum absolute atomic E-state index is 0.240. The average molecular weight is 275 g/mol. The summed E-state index contributed by atoms with van der Waals surface area (Å²) >= 11 is 1.60. The standard InChI is InChI=1S/C10H17N3O2S2/c1-3-11-10-8-9(4-5-12-10)17(14,15)13-6-7-16-2/h4-5,8,13H,3,6-7H2,1-2H3,(H,11,12). The van der Waals surface area contributed by atoms with Crippen molar-refractivity contribution in [2.75, 3.05) is 30.4 Å². The van der Waals surface area contributed by atoms with Crippen LogP contribution in [0.25, 0.3) is 0 Å². The van der Waals surface area contributed by atoms with Crippen LogP contribution >= 0.6 is 11.8 Å². The lowest BCUT2D eigenvalue weighted by atomic mass is 10.4. The summed E-state index contributed by atoms with van der Waals surface area (Å²) in [4.78, 5) is 4.27. The maximum Gasteiger partial charge on any atom is 0.240 e. The highest BCUT2D eigenvalue weighted by Gasteiger charge is 2.13. The molecule has 0 unspecified atom stereocenters. The molecule has 1 aromatic rings. The van der Waals surface area contributed by atoms with Crippen molar-refractivity contribution in [3.63, 3.8) is 0 Å². The van der Waals surface area contributed by atoms with Crippen molar-refractivity contribution in [2.24, 2.45) is 0 Å². The Morgan fingerprint density at radius 1 is 1.47 bits per heavy atom. The number of aromatic nitrogens is 1. The molecule has 0 saturated heterocycles. The molecule has 0 aliphatic rings. The fourth-order valence-corrected chi connectivity index (χ4v) is 2.70. The lowest BCUT2D eigenvalue weighted by Gasteiger charge is -2.07. The molecule has 0 aliphatic heterocycles. The van der Waals surface area contributed by atoms with Crippen LogP contribution < -0.4 is 10.0 Å². The van der Waals surface area contributed by atoms with Crippen LogP contribution in [0.5, 0.6) is 0 Å². The molecule has 0 bridgehead atoms. The Hall–Kier alpha value is -0.790. The number of pyridine rings is 1. The molecule has 7 heteroatoms. The third-order valence-electron chi connectivity index (χ3n) is 2.00. The molecule has 0 aliphatic carbocycles. The van der Waals surface area contributed by atoms with Crippen molar-refractivity contribution < 1.29 is 8.42 Å². The second kappa shape index (κ2) is 6.83. The molecular formula is C10H17N3O2S2. The van der Waals surface area contributed by atoms with Crippen LogP contribution in [0.3, 0.4) is 0 Å². The summed E-state index contributed by atoms with van der Waals surface area (Å²) in [6, 6.07) is 3.02. The number of thioether (sulfide) groups is 1. The fraction of sp³-hybridized carbons (Fsp3) is 0.500. The van der Waals surface area contributed by atoms with Gasteiger partial charge in [0.25, 0.3) is 0 Å². The molecule has 0 fully saturated rings. The SMILES string of the molecule is CCNc1cc(S(=O)(=O)NCCSC)ccn1. The number of rotatable bonds is 7. The lowest BCUT2D eigenvalue weighted by molar-refractivity contribution is 0.584. The molecule has 1 aromatic heterocycles. The summed E-state index contributed by atoms with van der Waals surface area (Å²) < 4.78 is 26.3. The largest absolute Gasteiger partial charge is 0.370 e. The van der Waals surface area contributed by atoms with Gasteiger partial charge in [0.15, 0.2) is 0 Å². The normalized spacial score (nSPS) is 11.4. The Kier molecular flexibility index (Phi) is 5.73. The summed E-state index contributed by atoms with van der Waals surface area (Å²) in [5.41, 5.74) is 0. The maximum absolute atomic E-state index is 11.9. The first-order chi connectivity index (χ1) is 8.10. The Morgan fingerprint density at radius 2 is 2.24 bits per heavy atom. The molecule has 0 radical (unpaired) electrons. The van der Waals surface area contributed by atoms with Gasteiger partial charge in [-0.05, 0) is 19.2 Å². The molecule has 0 aromatic carbocycles. The van der Waals surface area contributed by atoms with Crippen molar-refractivity contribution in [1.82, 2.24) is 9.71 Å². The van der Waals surface area contributed by atoms with E-state index in [1.807, 2.05) is 13.2 Å². The van der Waals surface area contributed by atoms with E-state index >= 15 is 0 Å². The molecule has 17 heavy (non-hydrogen) atoms. The predicted molar refractivity (Wildman–Crippen MR) is 72.0 cm³/mol. The third kappa shape index (κ3) is 4.53. The second-order valence-electron chi connectivity index (χ2n) is 3.30. The highest BCUT2D eigenvalue weighted by molar-refractivity contribution is 7.98. The summed E-state index contributed by atoms with van der Waals surface area (Å²) in [7, 11) is -3.42. The van der Waals surface area contributed by atoms with Gasteiger partial charge in [0.1, 0.15) is 5.82 Å². The van der Waals surface area contributed by atoms with Crippen molar-refractivity contribution in [1.29, 1.82) is 0 Å². The summed E-state index contributed by atoms with van der Waals surface area (Å²) in [6.45, 7) is 3.07. The van der Waals surface area contributed by atoms with Crippen LogP contribution in [0.15, 0.2) is 23.2 Å². The van der Waals surface area contributed by atoms with Crippen LogP contribution in [-0.4, -0.2) is 38.5 Å². The zero-order valence-corrected chi connectivity index (χ0v) is 11.6. The van der Waals surface area contributed by atoms with Crippen molar-refractivity contribution in [2.45, 2.75) is 11.8 Å². The van der Waals surface area contributed by atoms with Gasteiger partial charge in [-0.3, -0.25) is 0 Å². The lowest BCUT2D eigenvalue weighted by Crippen LogP contribution is -2.26. The Bertz CT molecular complexity index is 449. The molecule has 2 N–H and O–H groups in total. The third-order valence-corrected chi connectivity index (χ3v) is 4.07. The van der Waals surface area contributed by atoms with E-state index in [2.05, 4.69) is 15.0 Å². The minimum atomic E-state index is -3.42. The number of sulfonamides is 1. The second-order valence-corrected chi connectivity index (χ2v) is 6.05. The zero-order chi connectivity index (χ0) is 12.7. The summed E-state index contributed by atoms with van der Waals surface area (Å²) in [5.74, 6) is 1.32. The monoisotopic (exact) mass is 275 g/mol. The Morgan fingerprint density at radius 3 is 2.88 bits per heavy atom. The van der Waals surface area contributed by atoms with E-state index in [-0.39, 0.29) is 4.90 Å². The number of hydrogen-bond donors (Lipinski definition) is 2. The average Bonchev–Trinajstić information content (AvgIpc) is 2.30. The van der Waals surface area contributed by atoms with E-state index in [9.17, 15) is 8.42 Å². The molecule has 0 spiro atoms. The van der Waals surface area contributed by atoms with Crippen molar-refractivity contribution in [3.8, 4) is 0 Å². The molecule has 1 rings (SSSR count). The minimum Gasteiger partial charge on any atom is -0.370 e. The first-order valence-corrected chi connectivity index (χ1v) is 8.16. The fourth-order valence-electron chi connectivity index (χ4n) is 1.22. The number of nitrogens with one attached hydrogen (secondary N) is 2. The predicted octanol–water partition coefficient (Wildman–Crippen LogP) is 1.15. The summed E-state index contributed by atoms with van der Waals surface area (Å²) in [5, 5.41) is 2.98. The van der Waals surface area contributed by atoms with Crippen LogP contribution in [0.1, 0.15) is 6.92 Å². The molecule has 0 atom stereocenters. The van der Waals surface area contributed by atoms with Gasteiger partial charge in [-0.1, -0.05) is 0 Å². The number of nitrogens with zero attached hydrogens (tertiary/aromatic N) is 1. The van der Waals surface area contributed by atoms with Crippen molar-refractivity contribution in [3.05, 3.63) is 18.3 Å². The van der Waals surface area contributed by atoms with Gasteiger partial charge < -0.3 is 5.32 Å². The topological polar surface area (TPSA) is 71.1 Å². The van der Waals surface area contributed by atoms with Crippen LogP contribution in [0, 0.1) is 0 Å². The number of anilines is 1. The molecular weight excluding hydrogens is 258 g/mol. The van der Waals surface area contributed by atoms with Crippen LogP contribution in [0.4, 0.5) is 5.82 Å². The van der Waals surface area contributed by atoms with Gasteiger partial charge in [0, 0.05) is 31.1 Å². The molecule has 96 valence electrons. The first kappa shape index (κ1) is 14.3. The van der Waals surface area contributed by atoms with E-state index in [0.29, 0.717) is 18.9 Å². The first-order valence-electron chi connectivity index (χ1n) is 5.28. The molecule has 5 nitrogen and oxygen atoms in total. The highest BCUT2D eigenvalue weighted by Crippen LogP contribution is 2.12. The van der Waals surface area contributed by atoms with Crippen LogP contribution in [-0.2, 0) is 10.0 Å². The maximum atomic E-state index is 11.9. The van der Waals surface area contributed by atoms with E-state index in [4.69, 9.17) is 0 Å². The van der Waals surface area contributed by atoms with E-state index in [1.165, 1.54) is 18.3 Å². The highest BCUT2D eigenvalue weighted by atomic mass is 32.2. The van der Waals surface area contributed by atoms with E-state index in [0.717, 1.165) is 5.75 Å². The van der Waals surface area contributed by atoms with Gasteiger partial charge in [0.05, 0.1) is 4.90 Å². The van der Waals surface area contributed by atoms with Crippen molar-refractivity contribution >= 4 is 27.6 Å². The zero-order valence-electron chi connectivity index (χ0n) is 9.93. The van der Waals surface area contributed by atoms with Gasteiger partial charge in [-0.15, -0.1) is 0 Å². The van der Waals surface area contributed by atoms with E-state index < -0.39 is 10.0 Å². The molecule has 0 saturated carbocycles. The van der Waals surface area contributed by atoms with Gasteiger partial charge in [-0.25, -0.2) is 18.1 Å². The van der Waals surface area contributed by atoms with Gasteiger partial charge in [-0.2, -0.15) is 11.8 Å². The van der Waals surface area contributed by atoms with Gasteiger partial charge >= 0.3 is 0 Å². The smallest absolute Gasteiger partial charge is 0.240 e. The molecule has 0 amide bonds. The summed E-state index contributed by atoms with van der Waals surface area (Å²) in [6.07, 6.45) is 3.42. The quantitative estimate of drug-likeness (QED) is 0.731. The number of hydrogen-bond acceptors (Lipinski definition) is 5. The van der Waals surface area contributed by atoms with Gasteiger partial charge in [0.2, 0.25) is 10.0 Å². The van der Waals surface area contributed by atoms with E-state index in [1.54, 1.807) is 11.8 Å².